The summed E-state index contributed by atoms with van der Waals surface area (Å²) in [5.74, 6) is -2.27. The summed E-state index contributed by atoms with van der Waals surface area (Å²) >= 11 is 0. The lowest BCUT2D eigenvalue weighted by Crippen LogP contribution is -2.27. The van der Waals surface area contributed by atoms with Gasteiger partial charge in [-0.3, -0.25) is 10.1 Å². The summed E-state index contributed by atoms with van der Waals surface area (Å²) in [6, 6.07) is 0.934. The van der Waals surface area contributed by atoms with Gasteiger partial charge in [0.2, 0.25) is 0 Å². The molecule has 2 N–H and O–H groups in total. The van der Waals surface area contributed by atoms with E-state index in [2.05, 4.69) is 5.32 Å². The molecule has 0 aliphatic rings. The molecular formula is C11H14F2N2O3. The maximum atomic E-state index is 13.5. The van der Waals surface area contributed by atoms with Crippen LogP contribution in [-0.4, -0.2) is 22.7 Å². The van der Waals surface area contributed by atoms with Crippen molar-refractivity contribution in [3.8, 4) is 0 Å². The molecule has 2 atom stereocenters. The number of benzene rings is 1. The van der Waals surface area contributed by atoms with Gasteiger partial charge in [-0.05, 0) is 12.8 Å². The number of hydrogen-bond donors (Lipinski definition) is 2. The van der Waals surface area contributed by atoms with E-state index in [9.17, 15) is 18.9 Å². The first-order valence-corrected chi connectivity index (χ1v) is 5.37. The van der Waals surface area contributed by atoms with E-state index in [-0.39, 0.29) is 18.6 Å². The number of aliphatic hydroxyl groups excluding tert-OH is 1. The molecule has 0 spiro atoms. The molecule has 0 saturated carbocycles. The summed E-state index contributed by atoms with van der Waals surface area (Å²) in [4.78, 5) is 9.55. The second-order valence-electron chi connectivity index (χ2n) is 4.13. The molecule has 1 aromatic carbocycles. The van der Waals surface area contributed by atoms with Crippen LogP contribution in [0.1, 0.15) is 13.8 Å². The van der Waals surface area contributed by atoms with E-state index in [1.54, 1.807) is 13.8 Å². The summed E-state index contributed by atoms with van der Waals surface area (Å²) in [6.45, 7) is 3.23. The van der Waals surface area contributed by atoms with Gasteiger partial charge in [0.25, 0.3) is 5.69 Å². The molecule has 7 heteroatoms. The number of nitro benzene ring substituents is 1. The number of hydrogen-bond acceptors (Lipinski definition) is 4. The number of anilines is 1. The molecule has 0 radical (unpaired) electrons. The molecule has 0 fully saturated rings. The molecule has 0 bridgehead atoms. The minimum absolute atomic E-state index is 0.135. The zero-order valence-electron chi connectivity index (χ0n) is 9.98. The highest BCUT2D eigenvalue weighted by Gasteiger charge is 2.20. The smallest absolute Gasteiger partial charge is 0.275 e. The zero-order valence-corrected chi connectivity index (χ0v) is 9.98. The lowest BCUT2D eigenvalue weighted by Gasteiger charge is -2.21. The Kier molecular flexibility index (Phi) is 4.55. The highest BCUT2D eigenvalue weighted by molar-refractivity contribution is 5.52. The molecule has 18 heavy (non-hydrogen) atoms. The van der Waals surface area contributed by atoms with Gasteiger partial charge in [-0.25, -0.2) is 8.78 Å². The van der Waals surface area contributed by atoms with Gasteiger partial charge < -0.3 is 10.4 Å². The van der Waals surface area contributed by atoms with Crippen molar-refractivity contribution in [2.75, 3.05) is 11.9 Å². The lowest BCUT2D eigenvalue weighted by atomic mass is 10.0. The number of non-ortho nitro benzene ring substituents is 1. The van der Waals surface area contributed by atoms with Gasteiger partial charge in [-0.15, -0.1) is 0 Å². The highest BCUT2D eigenvalue weighted by atomic mass is 19.1. The first-order valence-electron chi connectivity index (χ1n) is 5.37. The first-order chi connectivity index (χ1) is 8.36. The van der Waals surface area contributed by atoms with E-state index in [0.717, 1.165) is 0 Å². The van der Waals surface area contributed by atoms with E-state index in [1.807, 2.05) is 0 Å². The van der Waals surface area contributed by atoms with Gasteiger partial charge in [0.15, 0.2) is 11.6 Å². The van der Waals surface area contributed by atoms with E-state index >= 15 is 0 Å². The Hall–Kier alpha value is -1.76. The van der Waals surface area contributed by atoms with Crippen molar-refractivity contribution in [2.24, 2.45) is 5.92 Å². The fourth-order valence-corrected chi connectivity index (χ4v) is 1.33. The maximum Gasteiger partial charge on any atom is 0.275 e. The van der Waals surface area contributed by atoms with Crippen LogP contribution in [0.25, 0.3) is 0 Å². The van der Waals surface area contributed by atoms with Crippen LogP contribution in [-0.2, 0) is 0 Å². The van der Waals surface area contributed by atoms with Gasteiger partial charge in [0.1, 0.15) is 5.69 Å². The minimum atomic E-state index is -1.03. The number of nitrogens with one attached hydrogen (secondary N) is 1. The van der Waals surface area contributed by atoms with Crippen LogP contribution in [0, 0.1) is 27.7 Å². The summed E-state index contributed by atoms with van der Waals surface area (Å²) in [5.41, 5.74) is -1.06. The normalized spacial score (nSPS) is 14.1. The topological polar surface area (TPSA) is 75.4 Å². The molecule has 0 aliphatic carbocycles. The van der Waals surface area contributed by atoms with Crippen LogP contribution in [0.15, 0.2) is 12.1 Å². The second-order valence-corrected chi connectivity index (χ2v) is 4.13. The molecule has 5 nitrogen and oxygen atoms in total. The fourth-order valence-electron chi connectivity index (χ4n) is 1.33. The Morgan fingerprint density at radius 2 is 1.89 bits per heavy atom. The molecule has 0 amide bonds. The Morgan fingerprint density at radius 1 is 1.39 bits per heavy atom. The van der Waals surface area contributed by atoms with Crippen LogP contribution in [0.5, 0.6) is 0 Å². The van der Waals surface area contributed by atoms with Crippen molar-refractivity contribution in [3.63, 3.8) is 0 Å². The van der Waals surface area contributed by atoms with E-state index < -0.39 is 27.9 Å². The van der Waals surface area contributed by atoms with Crippen molar-refractivity contribution >= 4 is 11.4 Å². The quantitative estimate of drug-likeness (QED) is 0.629. The average molecular weight is 260 g/mol. The molecule has 0 heterocycles. The van der Waals surface area contributed by atoms with Gasteiger partial charge >= 0.3 is 0 Å². The maximum absolute atomic E-state index is 13.5. The van der Waals surface area contributed by atoms with Gasteiger partial charge in [0, 0.05) is 12.6 Å². The Bertz CT molecular complexity index is 431. The predicted octanol–water partition coefficient (Wildman–Crippen LogP) is 2.30. The van der Waals surface area contributed by atoms with E-state index in [0.29, 0.717) is 12.1 Å². The van der Waals surface area contributed by atoms with E-state index in [1.165, 1.54) is 0 Å². The lowest BCUT2D eigenvalue weighted by molar-refractivity contribution is -0.385. The fraction of sp³-hybridized carbons (Fsp3) is 0.455. The molecule has 0 aliphatic heterocycles. The molecule has 100 valence electrons. The number of nitro groups is 1. The molecule has 0 saturated heterocycles. The van der Waals surface area contributed by atoms with Crippen LogP contribution < -0.4 is 5.32 Å². The SMILES string of the molecule is CC(CO)C(C)Nc1c(F)cc([N+](=O)[O-])cc1F. The van der Waals surface area contributed by atoms with E-state index in [4.69, 9.17) is 5.11 Å². The largest absolute Gasteiger partial charge is 0.396 e. The van der Waals surface area contributed by atoms with Crippen LogP contribution >= 0.6 is 0 Å². The number of halogens is 2. The molecular weight excluding hydrogens is 246 g/mol. The molecule has 1 aromatic rings. The summed E-state index contributed by atoms with van der Waals surface area (Å²) in [6.07, 6.45) is 0. The van der Waals surface area contributed by atoms with Crippen LogP contribution in [0.4, 0.5) is 20.2 Å². The monoisotopic (exact) mass is 260 g/mol. The molecule has 1 rings (SSSR count). The third-order valence-electron chi connectivity index (χ3n) is 2.75. The van der Waals surface area contributed by atoms with Gasteiger partial charge in [-0.1, -0.05) is 6.92 Å². The highest BCUT2D eigenvalue weighted by Crippen LogP contribution is 2.26. The Labute approximate surface area is 103 Å². The first kappa shape index (κ1) is 14.3. The summed E-state index contributed by atoms with van der Waals surface area (Å²) in [7, 11) is 0. The standard InChI is InChI=1S/C11H14F2N2O3/c1-6(5-16)7(2)14-11-9(12)3-8(15(17)18)4-10(11)13/h3-4,6-7,14,16H,5H2,1-2H3. The van der Waals surface area contributed by atoms with Crippen LogP contribution in [0.2, 0.25) is 0 Å². The van der Waals surface area contributed by atoms with Crippen molar-refractivity contribution in [1.82, 2.24) is 0 Å². The molecule has 0 aromatic heterocycles. The third kappa shape index (κ3) is 3.13. The van der Waals surface area contributed by atoms with Crippen LogP contribution in [0.3, 0.4) is 0 Å². The molecule has 2 unspecified atom stereocenters. The third-order valence-corrected chi connectivity index (χ3v) is 2.75. The number of aliphatic hydroxyl groups is 1. The zero-order chi connectivity index (χ0) is 13.9. The second kappa shape index (κ2) is 5.72. The average Bonchev–Trinajstić information content (AvgIpc) is 2.31. The Morgan fingerprint density at radius 3 is 2.28 bits per heavy atom. The van der Waals surface area contributed by atoms with Crippen molar-refractivity contribution < 1.29 is 18.8 Å². The van der Waals surface area contributed by atoms with Gasteiger partial charge in [0.05, 0.1) is 17.1 Å². The Balaban J connectivity index is 3.00. The van der Waals surface area contributed by atoms with Crippen molar-refractivity contribution in [1.29, 1.82) is 0 Å². The van der Waals surface area contributed by atoms with Gasteiger partial charge in [-0.2, -0.15) is 0 Å². The number of nitrogens with zero attached hydrogens (tertiary/aromatic N) is 1. The van der Waals surface area contributed by atoms with Crippen molar-refractivity contribution in [3.05, 3.63) is 33.9 Å². The summed E-state index contributed by atoms with van der Waals surface area (Å²) < 4.78 is 27.1. The van der Waals surface area contributed by atoms with Crippen molar-refractivity contribution in [2.45, 2.75) is 19.9 Å². The number of rotatable bonds is 5. The minimum Gasteiger partial charge on any atom is -0.396 e. The summed E-state index contributed by atoms with van der Waals surface area (Å²) in [5, 5.41) is 21.9. The predicted molar refractivity (Wildman–Crippen MR) is 62.3 cm³/mol.